The average Bonchev–Trinajstić information content (AvgIpc) is 2.45. The number of aryl methyl sites for hydroxylation is 1. The van der Waals surface area contributed by atoms with Crippen LogP contribution in [0.25, 0.3) is 10.9 Å². The number of hydrogen-bond acceptors (Lipinski definition) is 1. The molecule has 2 nitrogen and oxygen atoms in total. The lowest BCUT2D eigenvalue weighted by Gasteiger charge is -1.97. The van der Waals surface area contributed by atoms with Crippen LogP contribution in [0.1, 0.15) is 10.4 Å². The number of aldehydes is 1. The van der Waals surface area contributed by atoms with Gasteiger partial charge in [0.15, 0.2) is 6.29 Å². The number of halogens is 2. The topological polar surface area (TPSA) is 22.0 Å². The van der Waals surface area contributed by atoms with Crippen molar-refractivity contribution >= 4 is 28.8 Å². The standard InChI is InChI=1S/C10H7ClFNO/c1-13-4-6(5-14)7-2-8(11)9(12)3-10(7)13/h2-5H,1H3. The second kappa shape index (κ2) is 3.10. The Bertz CT molecular complexity index is 518. The molecule has 72 valence electrons. The summed E-state index contributed by atoms with van der Waals surface area (Å²) in [5.74, 6) is -0.474. The highest BCUT2D eigenvalue weighted by atomic mass is 35.5. The zero-order chi connectivity index (χ0) is 10.3. The molecule has 0 saturated carbocycles. The molecule has 1 aromatic heterocycles. The van der Waals surface area contributed by atoms with Crippen LogP contribution in [0.5, 0.6) is 0 Å². The Kier molecular flexibility index (Phi) is 2.04. The molecule has 0 fully saturated rings. The molecule has 0 N–H and O–H groups in total. The predicted molar refractivity (Wildman–Crippen MR) is 53.3 cm³/mol. The van der Waals surface area contributed by atoms with Gasteiger partial charge in [-0.15, -0.1) is 0 Å². The molecule has 14 heavy (non-hydrogen) atoms. The van der Waals surface area contributed by atoms with Gasteiger partial charge in [0.25, 0.3) is 0 Å². The Balaban J connectivity index is 2.90. The number of rotatable bonds is 1. The van der Waals surface area contributed by atoms with Gasteiger partial charge in [0.05, 0.1) is 10.5 Å². The third-order valence-corrected chi connectivity index (χ3v) is 2.48. The number of hydrogen-bond donors (Lipinski definition) is 0. The monoisotopic (exact) mass is 211 g/mol. The Labute approximate surface area is 84.9 Å². The number of carbonyl (C=O) groups excluding carboxylic acids is 1. The fraction of sp³-hybridized carbons (Fsp3) is 0.100. The van der Waals surface area contributed by atoms with Crippen molar-refractivity contribution in [3.63, 3.8) is 0 Å². The van der Waals surface area contributed by atoms with E-state index in [4.69, 9.17) is 11.6 Å². The summed E-state index contributed by atoms with van der Waals surface area (Å²) in [6, 6.07) is 2.79. The molecular weight excluding hydrogens is 205 g/mol. The van der Waals surface area contributed by atoms with Crippen LogP contribution >= 0.6 is 11.6 Å². The van der Waals surface area contributed by atoms with Crippen molar-refractivity contribution in [1.29, 1.82) is 0 Å². The van der Waals surface area contributed by atoms with Crippen LogP contribution in [0.3, 0.4) is 0 Å². The number of fused-ring (bicyclic) bond motifs is 1. The molecule has 0 atom stereocenters. The van der Waals surface area contributed by atoms with Gasteiger partial charge in [-0.1, -0.05) is 11.6 Å². The summed E-state index contributed by atoms with van der Waals surface area (Å²) < 4.78 is 14.8. The zero-order valence-electron chi connectivity index (χ0n) is 7.42. The lowest BCUT2D eigenvalue weighted by atomic mass is 10.2. The van der Waals surface area contributed by atoms with Crippen LogP contribution < -0.4 is 0 Å². The Hall–Kier alpha value is -1.35. The van der Waals surface area contributed by atoms with Gasteiger partial charge in [-0.3, -0.25) is 4.79 Å². The average molecular weight is 212 g/mol. The van der Waals surface area contributed by atoms with E-state index in [1.54, 1.807) is 17.8 Å². The van der Waals surface area contributed by atoms with Crippen molar-refractivity contribution in [3.8, 4) is 0 Å². The lowest BCUT2D eigenvalue weighted by Crippen LogP contribution is -1.85. The molecule has 0 unspecified atom stereocenters. The van der Waals surface area contributed by atoms with E-state index in [9.17, 15) is 9.18 Å². The van der Waals surface area contributed by atoms with E-state index in [0.29, 0.717) is 16.5 Å². The van der Waals surface area contributed by atoms with E-state index in [0.717, 1.165) is 6.29 Å². The minimum Gasteiger partial charge on any atom is -0.350 e. The molecule has 0 radical (unpaired) electrons. The van der Waals surface area contributed by atoms with Crippen molar-refractivity contribution in [3.05, 3.63) is 34.7 Å². The SMILES string of the molecule is Cn1cc(C=O)c2cc(Cl)c(F)cc21. The van der Waals surface area contributed by atoms with E-state index in [-0.39, 0.29) is 5.02 Å². The third kappa shape index (κ3) is 1.21. The van der Waals surface area contributed by atoms with E-state index in [2.05, 4.69) is 0 Å². The second-order valence-electron chi connectivity index (χ2n) is 3.10. The number of aromatic nitrogens is 1. The van der Waals surface area contributed by atoms with Crippen LogP contribution in [0, 0.1) is 5.82 Å². The maximum atomic E-state index is 13.1. The molecule has 0 spiro atoms. The highest BCUT2D eigenvalue weighted by Crippen LogP contribution is 2.25. The molecule has 0 saturated heterocycles. The quantitative estimate of drug-likeness (QED) is 0.665. The van der Waals surface area contributed by atoms with Gasteiger partial charge >= 0.3 is 0 Å². The van der Waals surface area contributed by atoms with Crippen LogP contribution in [0.4, 0.5) is 4.39 Å². The lowest BCUT2D eigenvalue weighted by molar-refractivity contribution is 0.112. The van der Waals surface area contributed by atoms with Gasteiger partial charge in [-0.25, -0.2) is 4.39 Å². The predicted octanol–water partition coefficient (Wildman–Crippen LogP) is 2.78. The van der Waals surface area contributed by atoms with Crippen LogP contribution in [0.2, 0.25) is 5.02 Å². The first kappa shape index (κ1) is 9.21. The fourth-order valence-corrected chi connectivity index (χ4v) is 1.66. The van der Waals surface area contributed by atoms with Crippen LogP contribution in [-0.4, -0.2) is 10.9 Å². The van der Waals surface area contributed by atoms with Gasteiger partial charge in [0.2, 0.25) is 0 Å². The van der Waals surface area contributed by atoms with Gasteiger partial charge in [-0.05, 0) is 12.1 Å². The molecule has 0 bridgehead atoms. The molecule has 4 heteroatoms. The highest BCUT2D eigenvalue weighted by Gasteiger charge is 2.09. The minimum atomic E-state index is -0.474. The second-order valence-corrected chi connectivity index (χ2v) is 3.50. The Morgan fingerprint density at radius 3 is 2.86 bits per heavy atom. The normalized spacial score (nSPS) is 10.8. The molecule has 2 aromatic rings. The minimum absolute atomic E-state index is 0.0341. The summed E-state index contributed by atoms with van der Waals surface area (Å²) in [4.78, 5) is 10.7. The largest absolute Gasteiger partial charge is 0.350 e. The Morgan fingerprint density at radius 1 is 1.50 bits per heavy atom. The van der Waals surface area contributed by atoms with Gasteiger partial charge in [0, 0.05) is 24.2 Å². The summed E-state index contributed by atoms with van der Waals surface area (Å²) in [6.45, 7) is 0. The van der Waals surface area contributed by atoms with E-state index >= 15 is 0 Å². The highest BCUT2D eigenvalue weighted by molar-refractivity contribution is 6.31. The van der Waals surface area contributed by atoms with Crippen LogP contribution in [-0.2, 0) is 7.05 Å². The molecule has 2 rings (SSSR count). The fourth-order valence-electron chi connectivity index (χ4n) is 1.50. The molecule has 1 heterocycles. The van der Waals surface area contributed by atoms with Crippen LogP contribution in [0.15, 0.2) is 18.3 Å². The van der Waals surface area contributed by atoms with Gasteiger partial charge in [0.1, 0.15) is 5.82 Å². The van der Waals surface area contributed by atoms with Crippen molar-refractivity contribution in [1.82, 2.24) is 4.57 Å². The smallest absolute Gasteiger partial charge is 0.152 e. The summed E-state index contributed by atoms with van der Waals surface area (Å²) in [6.07, 6.45) is 2.38. The molecule has 0 aliphatic rings. The van der Waals surface area contributed by atoms with Crippen molar-refractivity contribution < 1.29 is 9.18 Å². The number of nitrogens with zero attached hydrogens (tertiary/aromatic N) is 1. The van der Waals surface area contributed by atoms with Crippen molar-refractivity contribution in [2.24, 2.45) is 7.05 Å². The molecule has 0 aliphatic heterocycles. The summed E-state index contributed by atoms with van der Waals surface area (Å²) in [5, 5.41) is 0.709. The molecule has 1 aromatic carbocycles. The summed E-state index contributed by atoms with van der Waals surface area (Å²) >= 11 is 5.63. The van der Waals surface area contributed by atoms with E-state index < -0.39 is 5.82 Å². The first-order valence-electron chi connectivity index (χ1n) is 4.02. The molecule has 0 amide bonds. The number of benzene rings is 1. The first-order chi connectivity index (χ1) is 6.63. The van der Waals surface area contributed by atoms with Crippen molar-refractivity contribution in [2.45, 2.75) is 0 Å². The zero-order valence-corrected chi connectivity index (χ0v) is 8.18. The maximum Gasteiger partial charge on any atom is 0.152 e. The first-order valence-corrected chi connectivity index (χ1v) is 4.40. The van der Waals surface area contributed by atoms with E-state index in [1.165, 1.54) is 12.1 Å². The summed E-state index contributed by atoms with van der Waals surface area (Å²) in [5.41, 5.74) is 1.18. The van der Waals surface area contributed by atoms with Gasteiger partial charge in [-0.2, -0.15) is 0 Å². The van der Waals surface area contributed by atoms with E-state index in [1.807, 2.05) is 0 Å². The Morgan fingerprint density at radius 2 is 2.21 bits per heavy atom. The van der Waals surface area contributed by atoms with Gasteiger partial charge < -0.3 is 4.57 Å². The van der Waals surface area contributed by atoms with Crippen molar-refractivity contribution in [2.75, 3.05) is 0 Å². The molecule has 0 aliphatic carbocycles. The maximum absolute atomic E-state index is 13.1. The third-order valence-electron chi connectivity index (χ3n) is 2.19. The summed E-state index contributed by atoms with van der Waals surface area (Å²) in [7, 11) is 1.75. The number of carbonyl (C=O) groups is 1. The molecular formula is C10H7ClFNO.